The maximum atomic E-state index is 6.08. The van der Waals surface area contributed by atoms with Crippen molar-refractivity contribution in [2.75, 3.05) is 19.6 Å². The maximum Gasteiger partial charge on any atom is 0.0246 e. The van der Waals surface area contributed by atoms with E-state index in [-0.39, 0.29) is 0 Å². The first-order valence-corrected chi connectivity index (χ1v) is 7.79. The van der Waals surface area contributed by atoms with Gasteiger partial charge in [-0.3, -0.25) is 4.90 Å². The molecular formula is C15H30N2. The molecule has 2 nitrogen and oxygen atoms in total. The Labute approximate surface area is 107 Å². The summed E-state index contributed by atoms with van der Waals surface area (Å²) < 4.78 is 0. The second kappa shape index (κ2) is 6.75. The Morgan fingerprint density at radius 2 is 1.88 bits per heavy atom. The molecule has 2 aliphatic rings. The third-order valence-corrected chi connectivity index (χ3v) is 5.03. The first-order chi connectivity index (χ1) is 8.35. The van der Waals surface area contributed by atoms with Gasteiger partial charge in [0.2, 0.25) is 0 Å². The fourth-order valence-electron chi connectivity index (χ4n) is 3.89. The van der Waals surface area contributed by atoms with Gasteiger partial charge < -0.3 is 5.73 Å². The Balaban J connectivity index is 1.91. The average molecular weight is 238 g/mol. The summed E-state index contributed by atoms with van der Waals surface area (Å²) in [5.41, 5.74) is 6.08. The van der Waals surface area contributed by atoms with Gasteiger partial charge in [0.05, 0.1) is 0 Å². The molecule has 0 bridgehead atoms. The summed E-state index contributed by atoms with van der Waals surface area (Å²) in [6.07, 6.45) is 11.4. The number of rotatable bonds is 4. The fraction of sp³-hybridized carbons (Fsp3) is 1.00. The van der Waals surface area contributed by atoms with Crippen molar-refractivity contribution in [3.63, 3.8) is 0 Å². The molecule has 2 rings (SSSR count). The van der Waals surface area contributed by atoms with E-state index >= 15 is 0 Å². The van der Waals surface area contributed by atoms with Gasteiger partial charge in [0, 0.05) is 19.1 Å². The van der Waals surface area contributed by atoms with Crippen LogP contribution in [0.15, 0.2) is 0 Å². The van der Waals surface area contributed by atoms with E-state index in [0.29, 0.717) is 6.04 Å². The van der Waals surface area contributed by atoms with Crippen LogP contribution in [0.1, 0.15) is 58.3 Å². The van der Waals surface area contributed by atoms with Crippen LogP contribution in [0.4, 0.5) is 0 Å². The molecule has 1 saturated heterocycles. The molecule has 17 heavy (non-hydrogen) atoms. The van der Waals surface area contributed by atoms with Gasteiger partial charge in [-0.2, -0.15) is 0 Å². The van der Waals surface area contributed by atoms with Crippen LogP contribution in [0.5, 0.6) is 0 Å². The van der Waals surface area contributed by atoms with Gasteiger partial charge in [0.15, 0.2) is 0 Å². The molecule has 1 saturated carbocycles. The predicted molar refractivity (Wildman–Crippen MR) is 74.0 cm³/mol. The van der Waals surface area contributed by atoms with E-state index in [9.17, 15) is 0 Å². The molecule has 1 aliphatic heterocycles. The molecular weight excluding hydrogens is 208 g/mol. The van der Waals surface area contributed by atoms with E-state index in [1.165, 1.54) is 64.5 Å². The number of hydrogen-bond donors (Lipinski definition) is 1. The van der Waals surface area contributed by atoms with Gasteiger partial charge in [-0.25, -0.2) is 0 Å². The van der Waals surface area contributed by atoms with Crippen LogP contribution in [0, 0.1) is 11.8 Å². The zero-order chi connectivity index (χ0) is 12.1. The minimum atomic E-state index is 0.685. The Bertz CT molecular complexity index is 211. The van der Waals surface area contributed by atoms with Crippen molar-refractivity contribution >= 4 is 0 Å². The quantitative estimate of drug-likeness (QED) is 0.816. The molecule has 2 fully saturated rings. The molecule has 2 N–H and O–H groups in total. The third kappa shape index (κ3) is 3.45. The topological polar surface area (TPSA) is 29.3 Å². The molecule has 0 aromatic heterocycles. The van der Waals surface area contributed by atoms with Crippen molar-refractivity contribution in [2.45, 2.75) is 64.3 Å². The molecule has 0 spiro atoms. The van der Waals surface area contributed by atoms with E-state index < -0.39 is 0 Å². The fourth-order valence-corrected chi connectivity index (χ4v) is 3.89. The molecule has 2 heteroatoms. The van der Waals surface area contributed by atoms with Gasteiger partial charge in [0.1, 0.15) is 0 Å². The van der Waals surface area contributed by atoms with Crippen molar-refractivity contribution < 1.29 is 0 Å². The van der Waals surface area contributed by atoms with Crippen LogP contribution in [0.3, 0.4) is 0 Å². The van der Waals surface area contributed by atoms with Crippen molar-refractivity contribution in [1.29, 1.82) is 0 Å². The van der Waals surface area contributed by atoms with Crippen molar-refractivity contribution in [3.8, 4) is 0 Å². The zero-order valence-corrected chi connectivity index (χ0v) is 11.5. The van der Waals surface area contributed by atoms with Crippen molar-refractivity contribution in [3.05, 3.63) is 0 Å². The molecule has 2 unspecified atom stereocenters. The summed E-state index contributed by atoms with van der Waals surface area (Å²) in [5, 5.41) is 0. The summed E-state index contributed by atoms with van der Waals surface area (Å²) in [6.45, 7) is 5.83. The maximum absolute atomic E-state index is 6.08. The molecule has 1 heterocycles. The highest BCUT2D eigenvalue weighted by molar-refractivity contribution is 4.85. The highest BCUT2D eigenvalue weighted by atomic mass is 15.2. The summed E-state index contributed by atoms with van der Waals surface area (Å²) >= 11 is 0. The number of nitrogens with zero attached hydrogens (tertiary/aromatic N) is 1. The monoisotopic (exact) mass is 238 g/mol. The van der Waals surface area contributed by atoms with Crippen LogP contribution < -0.4 is 5.73 Å². The Morgan fingerprint density at radius 3 is 2.53 bits per heavy atom. The lowest BCUT2D eigenvalue weighted by Crippen LogP contribution is -2.50. The molecule has 0 radical (unpaired) electrons. The van der Waals surface area contributed by atoms with Gasteiger partial charge in [-0.15, -0.1) is 0 Å². The van der Waals surface area contributed by atoms with E-state index in [1.807, 2.05) is 0 Å². The average Bonchev–Trinajstić information content (AvgIpc) is 2.41. The van der Waals surface area contributed by atoms with Crippen LogP contribution in [-0.4, -0.2) is 30.6 Å². The van der Waals surface area contributed by atoms with E-state index in [2.05, 4.69) is 11.8 Å². The second-order valence-corrected chi connectivity index (χ2v) is 6.11. The minimum absolute atomic E-state index is 0.685. The normalized spacial score (nSPS) is 30.4. The summed E-state index contributed by atoms with van der Waals surface area (Å²) in [5.74, 6) is 1.82. The lowest BCUT2D eigenvalue weighted by molar-refractivity contribution is 0.0753. The number of likely N-dealkylation sites (tertiary alicyclic amines) is 1. The lowest BCUT2D eigenvalue weighted by atomic mass is 9.82. The SMILES string of the molecule is CCC1CCCN(C(CN)C2CCCCC2)C1. The summed E-state index contributed by atoms with van der Waals surface area (Å²) in [6, 6.07) is 0.685. The molecule has 0 aromatic rings. The van der Waals surface area contributed by atoms with E-state index in [4.69, 9.17) is 5.73 Å². The number of hydrogen-bond acceptors (Lipinski definition) is 2. The number of nitrogens with two attached hydrogens (primary N) is 1. The van der Waals surface area contributed by atoms with Crippen LogP contribution >= 0.6 is 0 Å². The highest BCUT2D eigenvalue weighted by Crippen LogP contribution is 2.31. The largest absolute Gasteiger partial charge is 0.329 e. The lowest BCUT2D eigenvalue weighted by Gasteiger charge is -2.42. The molecule has 100 valence electrons. The highest BCUT2D eigenvalue weighted by Gasteiger charge is 2.30. The van der Waals surface area contributed by atoms with Crippen LogP contribution in [0.25, 0.3) is 0 Å². The Morgan fingerprint density at radius 1 is 1.12 bits per heavy atom. The first kappa shape index (κ1) is 13.4. The number of piperidine rings is 1. The van der Waals surface area contributed by atoms with Gasteiger partial charge in [0.25, 0.3) is 0 Å². The van der Waals surface area contributed by atoms with Crippen molar-refractivity contribution in [2.24, 2.45) is 17.6 Å². The standard InChI is InChI=1S/C15H30N2/c1-2-13-7-6-10-17(12-13)15(11-16)14-8-4-3-5-9-14/h13-15H,2-12,16H2,1H3. The smallest absolute Gasteiger partial charge is 0.0246 e. The van der Waals surface area contributed by atoms with Gasteiger partial charge >= 0.3 is 0 Å². The first-order valence-electron chi connectivity index (χ1n) is 7.79. The van der Waals surface area contributed by atoms with E-state index in [1.54, 1.807) is 0 Å². The zero-order valence-electron chi connectivity index (χ0n) is 11.5. The van der Waals surface area contributed by atoms with E-state index in [0.717, 1.165) is 18.4 Å². The molecule has 0 amide bonds. The predicted octanol–water partition coefficient (Wildman–Crippen LogP) is 3.02. The Hall–Kier alpha value is -0.0800. The molecule has 2 atom stereocenters. The minimum Gasteiger partial charge on any atom is -0.329 e. The Kier molecular flexibility index (Phi) is 5.30. The second-order valence-electron chi connectivity index (χ2n) is 6.11. The van der Waals surface area contributed by atoms with Crippen LogP contribution in [0.2, 0.25) is 0 Å². The van der Waals surface area contributed by atoms with Gasteiger partial charge in [-0.1, -0.05) is 32.6 Å². The molecule has 1 aliphatic carbocycles. The third-order valence-electron chi connectivity index (χ3n) is 5.03. The molecule has 0 aromatic carbocycles. The summed E-state index contributed by atoms with van der Waals surface area (Å²) in [7, 11) is 0. The van der Waals surface area contributed by atoms with Gasteiger partial charge in [-0.05, 0) is 44.1 Å². The van der Waals surface area contributed by atoms with Crippen molar-refractivity contribution in [1.82, 2.24) is 4.90 Å². The summed E-state index contributed by atoms with van der Waals surface area (Å²) in [4.78, 5) is 2.73. The van der Waals surface area contributed by atoms with Crippen LogP contribution in [-0.2, 0) is 0 Å².